The highest BCUT2D eigenvalue weighted by atomic mass is 35.5. The van der Waals surface area contributed by atoms with E-state index in [9.17, 15) is 9.59 Å². The first-order valence-corrected chi connectivity index (χ1v) is 7.95. The number of amides is 1. The van der Waals surface area contributed by atoms with Crippen LogP contribution in [0.25, 0.3) is 0 Å². The SMILES string of the molecule is CCOC(=O)c1ccc(NC(=O)COc2ccccc2OC)cc1Cl. The maximum atomic E-state index is 12.0. The number of methoxy groups -OCH3 is 1. The molecule has 1 amide bonds. The molecule has 2 aromatic rings. The summed E-state index contributed by atoms with van der Waals surface area (Å²) in [5.41, 5.74) is 0.693. The van der Waals surface area contributed by atoms with Crippen molar-refractivity contribution in [2.24, 2.45) is 0 Å². The number of para-hydroxylation sites is 2. The second-order valence-corrected chi connectivity index (χ2v) is 5.31. The van der Waals surface area contributed by atoms with Crippen molar-refractivity contribution >= 4 is 29.2 Å². The predicted molar refractivity (Wildman–Crippen MR) is 94.5 cm³/mol. The Morgan fingerprint density at radius 2 is 1.84 bits per heavy atom. The third-order valence-corrected chi connectivity index (χ3v) is 3.49. The summed E-state index contributed by atoms with van der Waals surface area (Å²) in [5, 5.41) is 2.84. The molecule has 0 heterocycles. The minimum atomic E-state index is -0.509. The van der Waals surface area contributed by atoms with Gasteiger partial charge in [-0.2, -0.15) is 0 Å². The molecule has 7 heteroatoms. The molecule has 1 N–H and O–H groups in total. The molecule has 0 aliphatic carbocycles. The lowest BCUT2D eigenvalue weighted by Gasteiger charge is -2.11. The first kappa shape index (κ1) is 18.6. The van der Waals surface area contributed by atoms with Gasteiger partial charge in [-0.1, -0.05) is 23.7 Å². The summed E-state index contributed by atoms with van der Waals surface area (Å²) in [6, 6.07) is 11.6. The first-order chi connectivity index (χ1) is 12.0. The normalized spacial score (nSPS) is 10.0. The molecule has 25 heavy (non-hydrogen) atoms. The molecule has 0 atom stereocenters. The van der Waals surface area contributed by atoms with Crippen LogP contribution in [0.2, 0.25) is 5.02 Å². The highest BCUT2D eigenvalue weighted by molar-refractivity contribution is 6.34. The molecule has 0 radical (unpaired) electrons. The number of carbonyl (C=O) groups excluding carboxylic acids is 2. The van der Waals surface area contributed by atoms with Crippen LogP contribution in [0.15, 0.2) is 42.5 Å². The molecule has 0 aliphatic heterocycles. The number of esters is 1. The van der Waals surface area contributed by atoms with Crippen LogP contribution in [0, 0.1) is 0 Å². The zero-order valence-electron chi connectivity index (χ0n) is 13.9. The van der Waals surface area contributed by atoms with Gasteiger partial charge in [0.25, 0.3) is 5.91 Å². The Labute approximate surface area is 150 Å². The molecule has 0 saturated heterocycles. The lowest BCUT2D eigenvalue weighted by Crippen LogP contribution is -2.20. The van der Waals surface area contributed by atoms with Crippen LogP contribution in [-0.2, 0) is 9.53 Å². The highest BCUT2D eigenvalue weighted by Gasteiger charge is 2.13. The molecular weight excluding hydrogens is 346 g/mol. The maximum Gasteiger partial charge on any atom is 0.339 e. The summed E-state index contributed by atoms with van der Waals surface area (Å²) in [4.78, 5) is 23.7. The molecule has 2 aromatic carbocycles. The molecule has 0 fully saturated rings. The third kappa shape index (κ3) is 5.12. The number of nitrogens with one attached hydrogen (secondary N) is 1. The van der Waals surface area contributed by atoms with E-state index in [1.165, 1.54) is 19.2 Å². The number of rotatable bonds is 7. The van der Waals surface area contributed by atoms with Gasteiger partial charge in [-0.15, -0.1) is 0 Å². The van der Waals surface area contributed by atoms with E-state index in [1.54, 1.807) is 37.3 Å². The molecule has 0 aliphatic rings. The fourth-order valence-electron chi connectivity index (χ4n) is 2.05. The van der Waals surface area contributed by atoms with Crippen molar-refractivity contribution in [3.63, 3.8) is 0 Å². The Morgan fingerprint density at radius 3 is 2.48 bits per heavy atom. The van der Waals surface area contributed by atoms with Gasteiger partial charge in [0, 0.05) is 5.69 Å². The van der Waals surface area contributed by atoms with E-state index in [0.29, 0.717) is 17.2 Å². The molecule has 0 aromatic heterocycles. The van der Waals surface area contributed by atoms with Gasteiger partial charge in [-0.3, -0.25) is 4.79 Å². The quantitative estimate of drug-likeness (QED) is 0.761. The van der Waals surface area contributed by atoms with Crippen LogP contribution in [0.1, 0.15) is 17.3 Å². The molecular formula is C18H18ClNO5. The van der Waals surface area contributed by atoms with E-state index in [1.807, 2.05) is 0 Å². The summed E-state index contributed by atoms with van der Waals surface area (Å²) in [7, 11) is 1.52. The van der Waals surface area contributed by atoms with Gasteiger partial charge in [0.15, 0.2) is 18.1 Å². The third-order valence-electron chi connectivity index (χ3n) is 3.18. The fraction of sp³-hybridized carbons (Fsp3) is 0.222. The summed E-state index contributed by atoms with van der Waals surface area (Å²) in [6.45, 7) is 1.77. The van der Waals surface area contributed by atoms with Crippen LogP contribution in [0.5, 0.6) is 11.5 Å². The minimum Gasteiger partial charge on any atom is -0.493 e. The predicted octanol–water partition coefficient (Wildman–Crippen LogP) is 3.54. The van der Waals surface area contributed by atoms with Crippen LogP contribution < -0.4 is 14.8 Å². The largest absolute Gasteiger partial charge is 0.493 e. The number of benzene rings is 2. The summed E-state index contributed by atoms with van der Waals surface area (Å²) in [6.07, 6.45) is 0. The van der Waals surface area contributed by atoms with Gasteiger partial charge in [0.1, 0.15) is 0 Å². The van der Waals surface area contributed by atoms with Crippen molar-refractivity contribution in [1.29, 1.82) is 0 Å². The van der Waals surface area contributed by atoms with E-state index in [2.05, 4.69) is 5.32 Å². The number of ether oxygens (including phenoxy) is 3. The topological polar surface area (TPSA) is 73.9 Å². The van der Waals surface area contributed by atoms with Crippen molar-refractivity contribution in [2.45, 2.75) is 6.92 Å². The Morgan fingerprint density at radius 1 is 1.12 bits per heavy atom. The lowest BCUT2D eigenvalue weighted by molar-refractivity contribution is -0.118. The summed E-state index contributed by atoms with van der Waals surface area (Å²) in [5.74, 6) is 0.128. The van der Waals surface area contributed by atoms with Crippen molar-refractivity contribution in [2.75, 3.05) is 25.6 Å². The molecule has 6 nitrogen and oxygen atoms in total. The fourth-order valence-corrected chi connectivity index (χ4v) is 2.30. The van der Waals surface area contributed by atoms with Gasteiger partial charge in [0.2, 0.25) is 0 Å². The van der Waals surface area contributed by atoms with E-state index >= 15 is 0 Å². The first-order valence-electron chi connectivity index (χ1n) is 7.57. The number of carbonyl (C=O) groups is 2. The van der Waals surface area contributed by atoms with Crippen LogP contribution in [-0.4, -0.2) is 32.2 Å². The molecule has 2 rings (SSSR count). The lowest BCUT2D eigenvalue weighted by atomic mass is 10.2. The van der Waals surface area contributed by atoms with Crippen LogP contribution in [0.3, 0.4) is 0 Å². The van der Waals surface area contributed by atoms with Gasteiger partial charge in [-0.25, -0.2) is 4.79 Å². The summed E-state index contributed by atoms with van der Waals surface area (Å²) >= 11 is 6.06. The second kappa shape index (κ2) is 8.94. The molecule has 132 valence electrons. The number of hydrogen-bond acceptors (Lipinski definition) is 5. The zero-order chi connectivity index (χ0) is 18.2. The Hall–Kier alpha value is -2.73. The van der Waals surface area contributed by atoms with E-state index in [4.69, 9.17) is 25.8 Å². The van der Waals surface area contributed by atoms with Gasteiger partial charge < -0.3 is 19.5 Å². The highest BCUT2D eigenvalue weighted by Crippen LogP contribution is 2.26. The van der Waals surface area contributed by atoms with Crippen molar-refractivity contribution in [3.8, 4) is 11.5 Å². The summed E-state index contributed by atoms with van der Waals surface area (Å²) < 4.78 is 15.5. The van der Waals surface area contributed by atoms with Crippen molar-refractivity contribution < 1.29 is 23.8 Å². The van der Waals surface area contributed by atoms with Gasteiger partial charge in [0.05, 0.1) is 24.3 Å². The monoisotopic (exact) mass is 363 g/mol. The van der Waals surface area contributed by atoms with Gasteiger partial charge in [-0.05, 0) is 37.3 Å². The number of halogens is 1. The Bertz CT molecular complexity index is 763. The Balaban J connectivity index is 1.96. The smallest absolute Gasteiger partial charge is 0.339 e. The Kier molecular flexibility index (Phi) is 6.65. The average molecular weight is 364 g/mol. The van der Waals surface area contributed by atoms with Crippen LogP contribution in [0.4, 0.5) is 5.69 Å². The molecule has 0 saturated carbocycles. The molecule has 0 spiro atoms. The van der Waals surface area contributed by atoms with E-state index < -0.39 is 5.97 Å². The average Bonchev–Trinajstić information content (AvgIpc) is 2.60. The van der Waals surface area contributed by atoms with Crippen molar-refractivity contribution in [3.05, 3.63) is 53.1 Å². The number of anilines is 1. The van der Waals surface area contributed by atoms with E-state index in [-0.39, 0.29) is 29.7 Å². The second-order valence-electron chi connectivity index (χ2n) is 4.90. The number of hydrogen-bond donors (Lipinski definition) is 1. The van der Waals surface area contributed by atoms with Crippen LogP contribution >= 0.6 is 11.6 Å². The standard InChI is InChI=1S/C18H18ClNO5/c1-3-24-18(22)13-9-8-12(10-14(13)19)20-17(21)11-25-16-7-5-4-6-15(16)23-2/h4-10H,3,11H2,1-2H3,(H,20,21). The van der Waals surface area contributed by atoms with Crippen molar-refractivity contribution in [1.82, 2.24) is 0 Å². The minimum absolute atomic E-state index is 0.196. The zero-order valence-corrected chi connectivity index (χ0v) is 14.6. The van der Waals surface area contributed by atoms with E-state index in [0.717, 1.165) is 0 Å². The maximum absolute atomic E-state index is 12.0. The molecule has 0 unspecified atom stereocenters. The van der Waals surface area contributed by atoms with Gasteiger partial charge >= 0.3 is 5.97 Å². The molecule has 0 bridgehead atoms.